The first-order chi connectivity index (χ1) is 26.0. The molecule has 8 heteroatoms. The summed E-state index contributed by atoms with van der Waals surface area (Å²) in [5, 5.41) is 4.03. The summed E-state index contributed by atoms with van der Waals surface area (Å²) >= 11 is 0. The number of rotatable bonds is 4. The van der Waals surface area contributed by atoms with E-state index in [2.05, 4.69) is 30.3 Å². The fourth-order valence-corrected chi connectivity index (χ4v) is 9.31. The maximum absolute atomic E-state index is 13.6. The zero-order chi connectivity index (χ0) is 35.3. The Balaban J connectivity index is 1.07. The van der Waals surface area contributed by atoms with E-state index in [4.69, 9.17) is 23.8 Å². The lowest BCUT2D eigenvalue weighted by Gasteiger charge is -2.09. The van der Waals surface area contributed by atoms with E-state index >= 15 is 0 Å². The van der Waals surface area contributed by atoms with Crippen LogP contribution in [0.4, 0.5) is 0 Å². The van der Waals surface area contributed by atoms with Crippen LogP contribution in [-0.4, -0.2) is 23.4 Å². The first kappa shape index (κ1) is 29.8. The minimum absolute atomic E-state index is 0.251. The number of para-hydroxylation sites is 1. The van der Waals surface area contributed by atoms with Crippen molar-refractivity contribution in [2.24, 2.45) is 0 Å². The predicted octanol–water partition coefficient (Wildman–Crippen LogP) is 11.2. The van der Waals surface area contributed by atoms with E-state index in [1.54, 1.807) is 18.2 Å². The van der Waals surface area contributed by atoms with Gasteiger partial charge in [-0.05, 0) is 65.7 Å². The minimum Gasteiger partial charge on any atom is -0.456 e. The normalized spacial score (nSPS) is 13.2. The monoisotopic (exact) mass is 703 g/mol. The number of nitrogens with zero attached hydrogens (tertiary/aromatic N) is 3. The first-order valence-electron chi connectivity index (χ1n) is 17.2. The standard InChI is InChI=1S/C45H25N3O4S/c49-53(50)40-16-7-5-11-31(40)32-20-17-29(25-41(32)53)45-47-43(26-9-2-1-3-10-26)46-44(48-45)28-19-22-38-35(24-28)34-23-27(18-21-37(34)51-38)30-13-8-15-39-42(30)33-12-4-6-14-36(33)52-39/h1-25H. The molecule has 0 aliphatic carbocycles. The zero-order valence-corrected chi connectivity index (χ0v) is 28.6. The van der Waals surface area contributed by atoms with Crippen molar-refractivity contribution in [2.45, 2.75) is 9.79 Å². The summed E-state index contributed by atoms with van der Waals surface area (Å²) in [5.74, 6) is 1.32. The van der Waals surface area contributed by atoms with Crippen LogP contribution in [0.15, 0.2) is 170 Å². The van der Waals surface area contributed by atoms with Crippen molar-refractivity contribution in [3.63, 3.8) is 0 Å². The van der Waals surface area contributed by atoms with Gasteiger partial charge in [-0.1, -0.05) is 97.1 Å². The lowest BCUT2D eigenvalue weighted by atomic mass is 9.97. The molecule has 0 atom stereocenters. The number of fused-ring (bicyclic) bond motifs is 9. The third-order valence-corrected chi connectivity index (χ3v) is 12.0. The van der Waals surface area contributed by atoms with Gasteiger partial charge in [-0.3, -0.25) is 0 Å². The third-order valence-electron chi connectivity index (χ3n) is 10.1. The number of sulfone groups is 1. The lowest BCUT2D eigenvalue weighted by molar-refractivity contribution is 0.598. The second-order valence-electron chi connectivity index (χ2n) is 13.2. The van der Waals surface area contributed by atoms with Gasteiger partial charge in [-0.25, -0.2) is 23.4 Å². The largest absolute Gasteiger partial charge is 0.456 e. The summed E-state index contributed by atoms with van der Waals surface area (Å²) in [6.45, 7) is 0. The third kappa shape index (κ3) is 4.52. The summed E-state index contributed by atoms with van der Waals surface area (Å²) in [4.78, 5) is 15.3. The molecule has 7 nitrogen and oxygen atoms in total. The van der Waals surface area contributed by atoms with Gasteiger partial charge in [0.05, 0.1) is 9.79 Å². The van der Waals surface area contributed by atoms with Crippen molar-refractivity contribution < 1.29 is 17.3 Å². The number of benzene rings is 7. The second kappa shape index (κ2) is 11.0. The highest BCUT2D eigenvalue weighted by Crippen LogP contribution is 2.45. The molecule has 0 bridgehead atoms. The van der Waals surface area contributed by atoms with Crippen LogP contribution in [0.1, 0.15) is 0 Å². The lowest BCUT2D eigenvalue weighted by Crippen LogP contribution is -2.01. The van der Waals surface area contributed by atoms with Crippen LogP contribution in [0.3, 0.4) is 0 Å². The van der Waals surface area contributed by atoms with Crippen molar-refractivity contribution in [3.05, 3.63) is 152 Å². The van der Waals surface area contributed by atoms with Crippen molar-refractivity contribution >= 4 is 53.7 Å². The Kier molecular flexibility index (Phi) is 6.21. The van der Waals surface area contributed by atoms with E-state index in [-0.39, 0.29) is 4.90 Å². The molecule has 7 aromatic carbocycles. The Morgan fingerprint density at radius 1 is 0.377 bits per heavy atom. The van der Waals surface area contributed by atoms with Crippen LogP contribution in [0, 0.1) is 0 Å². The molecule has 3 aromatic heterocycles. The van der Waals surface area contributed by atoms with Crippen LogP contribution in [-0.2, 0) is 9.84 Å². The first-order valence-corrected chi connectivity index (χ1v) is 18.7. The van der Waals surface area contributed by atoms with Crippen LogP contribution >= 0.6 is 0 Å². The van der Waals surface area contributed by atoms with Gasteiger partial charge in [0.15, 0.2) is 17.5 Å². The van der Waals surface area contributed by atoms with Gasteiger partial charge in [0.25, 0.3) is 0 Å². The fourth-order valence-electron chi connectivity index (χ4n) is 7.60. The van der Waals surface area contributed by atoms with Gasteiger partial charge in [0, 0.05) is 49.4 Å². The molecule has 1 aliphatic rings. The average Bonchev–Trinajstić information content (AvgIpc) is 3.85. The molecule has 53 heavy (non-hydrogen) atoms. The minimum atomic E-state index is -3.69. The van der Waals surface area contributed by atoms with Crippen molar-refractivity contribution in [1.82, 2.24) is 15.0 Å². The van der Waals surface area contributed by atoms with Crippen LogP contribution in [0.25, 0.3) is 100 Å². The van der Waals surface area contributed by atoms with Crippen LogP contribution < -0.4 is 0 Å². The highest BCUT2D eigenvalue weighted by Gasteiger charge is 2.33. The van der Waals surface area contributed by atoms with Crippen LogP contribution in [0.5, 0.6) is 0 Å². The highest BCUT2D eigenvalue weighted by atomic mass is 32.2. The molecule has 0 saturated heterocycles. The summed E-state index contributed by atoms with van der Waals surface area (Å²) in [6, 6.07) is 48.7. The Hall–Kier alpha value is -6.90. The van der Waals surface area contributed by atoms with Gasteiger partial charge < -0.3 is 8.83 Å². The molecule has 0 radical (unpaired) electrons. The molecule has 0 fully saturated rings. The number of furan rings is 2. The summed E-state index contributed by atoms with van der Waals surface area (Å²) < 4.78 is 39.7. The number of hydrogen-bond acceptors (Lipinski definition) is 7. The fraction of sp³-hybridized carbons (Fsp3) is 0. The molecule has 0 unspecified atom stereocenters. The zero-order valence-electron chi connectivity index (χ0n) is 27.8. The Morgan fingerprint density at radius 3 is 1.74 bits per heavy atom. The smallest absolute Gasteiger partial charge is 0.207 e. The quantitative estimate of drug-likeness (QED) is 0.180. The molecular weight excluding hydrogens is 679 g/mol. The van der Waals surface area contributed by atoms with E-state index in [9.17, 15) is 8.42 Å². The molecule has 11 rings (SSSR count). The van der Waals surface area contributed by atoms with Crippen LogP contribution in [0.2, 0.25) is 0 Å². The average molecular weight is 704 g/mol. The number of aromatic nitrogens is 3. The molecular formula is C45H25N3O4S. The topological polar surface area (TPSA) is 99.1 Å². The number of hydrogen-bond donors (Lipinski definition) is 0. The molecule has 0 spiro atoms. The highest BCUT2D eigenvalue weighted by molar-refractivity contribution is 7.92. The van der Waals surface area contributed by atoms with E-state index in [1.807, 2.05) is 103 Å². The maximum atomic E-state index is 13.6. The molecule has 250 valence electrons. The SMILES string of the molecule is O=S1(=O)c2ccccc2-c2ccc(-c3nc(-c4ccccc4)nc(-c4ccc5oc6ccc(-c7cccc8oc9ccccc9c78)cc6c5c4)n3)cc21. The van der Waals surface area contributed by atoms with Gasteiger partial charge in [0.1, 0.15) is 22.3 Å². The summed E-state index contributed by atoms with van der Waals surface area (Å²) in [6.07, 6.45) is 0. The molecule has 1 aliphatic heterocycles. The van der Waals surface area contributed by atoms with E-state index < -0.39 is 9.84 Å². The Morgan fingerprint density at radius 2 is 0.925 bits per heavy atom. The van der Waals surface area contributed by atoms with Crippen molar-refractivity contribution in [1.29, 1.82) is 0 Å². The summed E-state index contributed by atoms with van der Waals surface area (Å²) in [7, 11) is -3.69. The second-order valence-corrected chi connectivity index (χ2v) is 15.1. The Labute approximate surface area is 302 Å². The van der Waals surface area contributed by atoms with Gasteiger partial charge in [-0.2, -0.15) is 0 Å². The van der Waals surface area contributed by atoms with E-state index in [0.29, 0.717) is 39.1 Å². The Bertz CT molecular complexity index is 3260. The summed E-state index contributed by atoms with van der Waals surface area (Å²) in [5.41, 5.74) is 8.89. The van der Waals surface area contributed by atoms with Gasteiger partial charge in [-0.15, -0.1) is 0 Å². The predicted molar refractivity (Wildman–Crippen MR) is 207 cm³/mol. The van der Waals surface area contributed by atoms with E-state index in [0.717, 1.165) is 66.1 Å². The molecule has 0 amide bonds. The van der Waals surface area contributed by atoms with Gasteiger partial charge >= 0.3 is 0 Å². The molecule has 4 heterocycles. The molecule has 0 saturated carbocycles. The van der Waals surface area contributed by atoms with Gasteiger partial charge in [0.2, 0.25) is 9.84 Å². The molecule has 10 aromatic rings. The van der Waals surface area contributed by atoms with Crippen molar-refractivity contribution in [2.75, 3.05) is 0 Å². The molecule has 0 N–H and O–H groups in total. The maximum Gasteiger partial charge on any atom is 0.207 e. The van der Waals surface area contributed by atoms with E-state index in [1.165, 1.54) is 0 Å². The van der Waals surface area contributed by atoms with Crippen molar-refractivity contribution in [3.8, 4) is 56.4 Å².